The molecule has 7 nitrogen and oxygen atoms in total. The third-order valence-corrected chi connectivity index (χ3v) is 4.91. The van der Waals surface area contributed by atoms with Crippen molar-refractivity contribution in [1.29, 1.82) is 0 Å². The van der Waals surface area contributed by atoms with Crippen molar-refractivity contribution in [1.82, 2.24) is 14.8 Å². The molecule has 0 bridgehead atoms. The van der Waals surface area contributed by atoms with Crippen LogP contribution in [0.2, 0.25) is 0 Å². The van der Waals surface area contributed by atoms with Gasteiger partial charge in [0.25, 0.3) is 0 Å². The van der Waals surface area contributed by atoms with Gasteiger partial charge in [-0.2, -0.15) is 0 Å². The minimum absolute atomic E-state index is 0.147. The minimum Gasteiger partial charge on any atom is -0.494 e. The molecule has 0 spiro atoms. The van der Waals surface area contributed by atoms with Crippen LogP contribution in [0, 0.1) is 5.82 Å². The molecular formula is C20H21FN4O3S. The molecule has 0 aliphatic carbocycles. The summed E-state index contributed by atoms with van der Waals surface area (Å²) in [7, 11) is 1.80. The first kappa shape index (κ1) is 20.7. The fourth-order valence-corrected chi connectivity index (χ4v) is 3.13. The first-order valence-corrected chi connectivity index (χ1v) is 9.96. The zero-order valence-electron chi connectivity index (χ0n) is 16.1. The predicted molar refractivity (Wildman–Crippen MR) is 109 cm³/mol. The Balaban J connectivity index is 1.49. The topological polar surface area (TPSA) is 78.3 Å². The Morgan fingerprint density at radius 3 is 2.41 bits per heavy atom. The second-order valence-corrected chi connectivity index (χ2v) is 6.94. The molecule has 1 aromatic heterocycles. The summed E-state index contributed by atoms with van der Waals surface area (Å²) in [6.07, 6.45) is 0. The maximum Gasteiger partial charge on any atom is 0.234 e. The SMILES string of the molecule is CCOc1ccc(NC(=O)CSc2nnc(COc3ccc(F)cc3)n2C)cc1. The molecule has 0 saturated heterocycles. The summed E-state index contributed by atoms with van der Waals surface area (Å²) >= 11 is 1.28. The first-order valence-electron chi connectivity index (χ1n) is 8.97. The molecule has 0 radical (unpaired) electrons. The number of amides is 1. The number of halogens is 1. The van der Waals surface area contributed by atoms with E-state index in [9.17, 15) is 9.18 Å². The Morgan fingerprint density at radius 2 is 1.72 bits per heavy atom. The highest BCUT2D eigenvalue weighted by atomic mass is 32.2. The van der Waals surface area contributed by atoms with Crippen molar-refractivity contribution >= 4 is 23.4 Å². The smallest absolute Gasteiger partial charge is 0.234 e. The Hall–Kier alpha value is -3.07. The van der Waals surface area contributed by atoms with Crippen LogP contribution in [-0.4, -0.2) is 33.0 Å². The summed E-state index contributed by atoms with van der Waals surface area (Å²) in [6.45, 7) is 2.70. The van der Waals surface area contributed by atoms with Crippen molar-refractivity contribution in [3.8, 4) is 11.5 Å². The van der Waals surface area contributed by atoms with Gasteiger partial charge in [0, 0.05) is 12.7 Å². The molecule has 152 valence electrons. The number of hydrogen-bond donors (Lipinski definition) is 1. The summed E-state index contributed by atoms with van der Waals surface area (Å²) in [6, 6.07) is 13.0. The molecule has 3 rings (SSSR count). The van der Waals surface area contributed by atoms with E-state index in [1.165, 1.54) is 23.9 Å². The lowest BCUT2D eigenvalue weighted by Crippen LogP contribution is -2.14. The van der Waals surface area contributed by atoms with Gasteiger partial charge in [-0.3, -0.25) is 4.79 Å². The lowest BCUT2D eigenvalue weighted by atomic mass is 10.3. The van der Waals surface area contributed by atoms with Gasteiger partial charge in [-0.15, -0.1) is 10.2 Å². The summed E-state index contributed by atoms with van der Waals surface area (Å²) in [5, 5.41) is 11.6. The number of aromatic nitrogens is 3. The summed E-state index contributed by atoms with van der Waals surface area (Å²) < 4.78 is 25.7. The van der Waals surface area contributed by atoms with E-state index >= 15 is 0 Å². The number of carbonyl (C=O) groups excluding carboxylic acids is 1. The van der Waals surface area contributed by atoms with Crippen LogP contribution in [0.1, 0.15) is 12.7 Å². The number of nitrogens with one attached hydrogen (secondary N) is 1. The van der Waals surface area contributed by atoms with Crippen molar-refractivity contribution in [2.24, 2.45) is 7.05 Å². The molecule has 0 aliphatic heterocycles. The largest absolute Gasteiger partial charge is 0.494 e. The van der Waals surface area contributed by atoms with Gasteiger partial charge >= 0.3 is 0 Å². The van der Waals surface area contributed by atoms with E-state index in [1.807, 2.05) is 19.1 Å². The van der Waals surface area contributed by atoms with E-state index in [2.05, 4.69) is 15.5 Å². The molecule has 1 amide bonds. The number of rotatable bonds is 9. The fraction of sp³-hybridized carbons (Fsp3) is 0.250. The van der Waals surface area contributed by atoms with Crippen LogP contribution in [0.4, 0.5) is 10.1 Å². The highest BCUT2D eigenvalue weighted by molar-refractivity contribution is 7.99. The molecular weight excluding hydrogens is 395 g/mol. The number of hydrogen-bond acceptors (Lipinski definition) is 6. The van der Waals surface area contributed by atoms with Crippen molar-refractivity contribution in [2.75, 3.05) is 17.7 Å². The van der Waals surface area contributed by atoms with Crippen LogP contribution in [0.5, 0.6) is 11.5 Å². The average Bonchev–Trinajstić information content (AvgIpc) is 3.07. The molecule has 0 aliphatic rings. The van der Waals surface area contributed by atoms with Gasteiger partial charge in [-0.1, -0.05) is 11.8 Å². The zero-order chi connectivity index (χ0) is 20.6. The van der Waals surface area contributed by atoms with Gasteiger partial charge in [-0.25, -0.2) is 4.39 Å². The molecule has 0 fully saturated rings. The lowest BCUT2D eigenvalue weighted by molar-refractivity contribution is -0.113. The second kappa shape index (κ2) is 9.92. The Morgan fingerprint density at radius 1 is 1.07 bits per heavy atom. The highest BCUT2D eigenvalue weighted by Gasteiger charge is 2.12. The number of anilines is 1. The van der Waals surface area contributed by atoms with Gasteiger partial charge < -0.3 is 19.4 Å². The molecule has 3 aromatic rings. The van der Waals surface area contributed by atoms with Crippen LogP contribution in [0.3, 0.4) is 0 Å². The molecule has 0 atom stereocenters. The Labute approximate surface area is 172 Å². The highest BCUT2D eigenvalue weighted by Crippen LogP contribution is 2.19. The monoisotopic (exact) mass is 416 g/mol. The maximum absolute atomic E-state index is 12.9. The number of ether oxygens (including phenoxy) is 2. The fourth-order valence-electron chi connectivity index (χ4n) is 2.40. The summed E-state index contributed by atoms with van der Waals surface area (Å²) in [4.78, 5) is 12.2. The molecule has 9 heteroatoms. The van der Waals surface area contributed by atoms with Crippen molar-refractivity contribution < 1.29 is 18.7 Å². The summed E-state index contributed by atoms with van der Waals surface area (Å²) in [5.74, 6) is 1.62. The van der Waals surface area contributed by atoms with Crippen LogP contribution in [0.15, 0.2) is 53.7 Å². The number of nitrogens with zero attached hydrogens (tertiary/aromatic N) is 3. The van der Waals surface area contributed by atoms with E-state index in [0.29, 0.717) is 29.0 Å². The maximum atomic E-state index is 12.9. The quantitative estimate of drug-likeness (QED) is 0.537. The van der Waals surface area contributed by atoms with Gasteiger partial charge in [0.1, 0.15) is 23.9 Å². The molecule has 2 aromatic carbocycles. The van der Waals surface area contributed by atoms with Gasteiger partial charge in [0.05, 0.1) is 12.4 Å². The molecule has 1 heterocycles. The van der Waals surface area contributed by atoms with E-state index in [0.717, 1.165) is 5.75 Å². The number of carbonyl (C=O) groups is 1. The number of thioether (sulfide) groups is 1. The van der Waals surface area contributed by atoms with E-state index in [4.69, 9.17) is 9.47 Å². The van der Waals surface area contributed by atoms with E-state index in [-0.39, 0.29) is 24.1 Å². The van der Waals surface area contributed by atoms with Crippen LogP contribution < -0.4 is 14.8 Å². The third kappa shape index (κ3) is 5.95. The van der Waals surface area contributed by atoms with Crippen LogP contribution in [-0.2, 0) is 18.4 Å². The molecule has 0 saturated carbocycles. The van der Waals surface area contributed by atoms with Crippen molar-refractivity contribution in [3.63, 3.8) is 0 Å². The van der Waals surface area contributed by atoms with Gasteiger partial charge in [0.15, 0.2) is 11.0 Å². The van der Waals surface area contributed by atoms with Crippen LogP contribution in [0.25, 0.3) is 0 Å². The molecule has 0 unspecified atom stereocenters. The third-order valence-electron chi connectivity index (χ3n) is 3.89. The first-order chi connectivity index (χ1) is 14.0. The van der Waals surface area contributed by atoms with Crippen molar-refractivity contribution in [3.05, 3.63) is 60.2 Å². The Kier molecular flexibility index (Phi) is 7.07. The van der Waals surface area contributed by atoms with Gasteiger partial charge in [0.2, 0.25) is 5.91 Å². The Bertz CT molecular complexity index is 945. The van der Waals surface area contributed by atoms with Crippen LogP contribution >= 0.6 is 11.8 Å². The zero-order valence-corrected chi connectivity index (χ0v) is 16.9. The van der Waals surface area contributed by atoms with Gasteiger partial charge in [-0.05, 0) is 55.5 Å². The normalized spacial score (nSPS) is 10.6. The standard InChI is InChI=1S/C20H21FN4O3S/c1-3-27-16-10-6-15(7-11-16)22-19(26)13-29-20-24-23-18(25(20)2)12-28-17-8-4-14(21)5-9-17/h4-11H,3,12-13H2,1-2H3,(H,22,26). The molecule has 29 heavy (non-hydrogen) atoms. The van der Waals surface area contributed by atoms with Crippen molar-refractivity contribution in [2.45, 2.75) is 18.7 Å². The summed E-state index contributed by atoms with van der Waals surface area (Å²) in [5.41, 5.74) is 0.699. The van der Waals surface area contributed by atoms with E-state index < -0.39 is 0 Å². The average molecular weight is 416 g/mol. The minimum atomic E-state index is -0.321. The predicted octanol–water partition coefficient (Wildman–Crippen LogP) is 3.66. The number of benzene rings is 2. The molecule has 1 N–H and O–H groups in total. The lowest BCUT2D eigenvalue weighted by Gasteiger charge is -2.08. The second-order valence-electron chi connectivity index (χ2n) is 5.99. The van der Waals surface area contributed by atoms with E-state index in [1.54, 1.807) is 35.9 Å².